The Labute approximate surface area is 155 Å². The van der Waals surface area contributed by atoms with Crippen LogP contribution in [0.25, 0.3) is 0 Å². The van der Waals surface area contributed by atoms with Gasteiger partial charge in [0, 0.05) is 31.1 Å². The molecule has 140 valence electrons. The van der Waals surface area contributed by atoms with Crippen molar-refractivity contribution in [3.05, 3.63) is 34.9 Å². The summed E-state index contributed by atoms with van der Waals surface area (Å²) < 4.78 is 5.00. The molecule has 0 unspecified atom stereocenters. The zero-order valence-corrected chi connectivity index (χ0v) is 15.8. The monoisotopic (exact) mass is 368 g/mol. The molecule has 0 bridgehead atoms. The first-order valence-corrected chi connectivity index (χ1v) is 9.35. The Bertz CT molecular complexity index is 563. The Kier molecular flexibility index (Phi) is 7.69. The molecule has 6 heteroatoms. The van der Waals surface area contributed by atoms with E-state index in [1.807, 2.05) is 24.3 Å². The first kappa shape index (κ1) is 20.2. The Balaban J connectivity index is 2.03. The molecular weight excluding hydrogens is 340 g/mol. The number of rotatable bonds is 8. The Hall–Kier alpha value is -1.14. The second-order valence-corrected chi connectivity index (χ2v) is 7.19. The van der Waals surface area contributed by atoms with Crippen LogP contribution in [0.4, 0.5) is 0 Å². The van der Waals surface area contributed by atoms with Gasteiger partial charge in [0.1, 0.15) is 6.10 Å². The molecule has 0 saturated carbocycles. The number of carbonyl (C=O) groups is 1. The highest BCUT2D eigenvalue weighted by Crippen LogP contribution is 2.38. The lowest BCUT2D eigenvalue weighted by molar-refractivity contribution is -0.130. The molecule has 1 aromatic carbocycles. The third kappa shape index (κ3) is 5.42. The molecule has 0 aromatic heterocycles. The van der Waals surface area contributed by atoms with E-state index in [9.17, 15) is 9.90 Å². The summed E-state index contributed by atoms with van der Waals surface area (Å²) in [6.07, 6.45) is 2.82. The SMILES string of the molecule is CO[C@H](C)C(=O)NCCC[C@@](O)(c1cccc(Cl)c1)[C@@H]1CCCNC1. The van der Waals surface area contributed by atoms with Gasteiger partial charge in [0.25, 0.3) is 0 Å². The lowest BCUT2D eigenvalue weighted by atomic mass is 9.74. The molecule has 5 nitrogen and oxygen atoms in total. The largest absolute Gasteiger partial charge is 0.385 e. The van der Waals surface area contributed by atoms with Crippen LogP contribution in [0.5, 0.6) is 0 Å². The van der Waals surface area contributed by atoms with Crippen LogP contribution in [-0.2, 0) is 15.1 Å². The average molecular weight is 369 g/mol. The van der Waals surface area contributed by atoms with Crippen molar-refractivity contribution in [2.24, 2.45) is 5.92 Å². The van der Waals surface area contributed by atoms with Gasteiger partial charge in [-0.2, -0.15) is 0 Å². The van der Waals surface area contributed by atoms with Crippen molar-refractivity contribution < 1.29 is 14.6 Å². The second-order valence-electron chi connectivity index (χ2n) is 6.75. The molecule has 25 heavy (non-hydrogen) atoms. The van der Waals surface area contributed by atoms with Gasteiger partial charge >= 0.3 is 0 Å². The van der Waals surface area contributed by atoms with Crippen molar-refractivity contribution in [3.63, 3.8) is 0 Å². The summed E-state index contributed by atoms with van der Waals surface area (Å²) in [5.74, 6) is 0.00134. The summed E-state index contributed by atoms with van der Waals surface area (Å²) in [7, 11) is 1.51. The van der Waals surface area contributed by atoms with Crippen LogP contribution in [0.1, 0.15) is 38.2 Å². The van der Waals surface area contributed by atoms with Crippen LogP contribution in [-0.4, -0.2) is 43.9 Å². The molecule has 1 aliphatic rings. The van der Waals surface area contributed by atoms with Crippen molar-refractivity contribution in [1.82, 2.24) is 10.6 Å². The van der Waals surface area contributed by atoms with Gasteiger partial charge in [-0.15, -0.1) is 0 Å². The van der Waals surface area contributed by atoms with E-state index in [4.69, 9.17) is 16.3 Å². The number of hydrogen-bond acceptors (Lipinski definition) is 4. The number of aliphatic hydroxyl groups is 1. The van der Waals surface area contributed by atoms with E-state index in [-0.39, 0.29) is 11.8 Å². The van der Waals surface area contributed by atoms with E-state index >= 15 is 0 Å². The summed E-state index contributed by atoms with van der Waals surface area (Å²) in [6, 6.07) is 7.48. The number of nitrogens with one attached hydrogen (secondary N) is 2. The average Bonchev–Trinajstić information content (AvgIpc) is 2.64. The lowest BCUT2D eigenvalue weighted by Gasteiger charge is -2.39. The molecule has 0 aliphatic carbocycles. The van der Waals surface area contributed by atoms with Crippen molar-refractivity contribution in [3.8, 4) is 0 Å². The number of halogens is 1. The van der Waals surface area contributed by atoms with Crippen LogP contribution in [0.2, 0.25) is 5.02 Å². The number of benzene rings is 1. The third-order valence-electron chi connectivity index (χ3n) is 5.05. The fraction of sp³-hybridized carbons (Fsp3) is 0.632. The standard InChI is InChI=1S/C19H29ClN2O3/c1-14(25-2)18(23)22-11-5-9-19(24,16-7-4-10-21-13-16)15-6-3-8-17(20)12-15/h3,6,8,12,14,16,21,24H,4-5,7,9-11,13H2,1-2H3,(H,22,23)/t14-,16-,19-/m1/s1. The van der Waals surface area contributed by atoms with Crippen molar-refractivity contribution in [1.29, 1.82) is 0 Å². The third-order valence-corrected chi connectivity index (χ3v) is 5.29. The van der Waals surface area contributed by atoms with Crippen LogP contribution in [0.3, 0.4) is 0 Å². The highest BCUT2D eigenvalue weighted by atomic mass is 35.5. The number of ether oxygens (including phenoxy) is 1. The van der Waals surface area contributed by atoms with E-state index in [0.29, 0.717) is 24.4 Å². The number of hydrogen-bond donors (Lipinski definition) is 3. The maximum atomic E-state index is 11.8. The molecule has 2 rings (SSSR count). The predicted molar refractivity (Wildman–Crippen MR) is 99.7 cm³/mol. The summed E-state index contributed by atoms with van der Waals surface area (Å²) in [5, 5.41) is 18.4. The highest BCUT2D eigenvalue weighted by Gasteiger charge is 2.38. The summed E-state index contributed by atoms with van der Waals surface area (Å²) in [6.45, 7) is 4.00. The topological polar surface area (TPSA) is 70.6 Å². The molecule has 3 N–H and O–H groups in total. The van der Waals surface area contributed by atoms with E-state index in [2.05, 4.69) is 10.6 Å². The van der Waals surface area contributed by atoms with Gasteiger partial charge in [0.05, 0.1) is 5.60 Å². The van der Waals surface area contributed by atoms with Crippen molar-refractivity contribution in [2.45, 2.75) is 44.3 Å². The molecule has 0 radical (unpaired) electrons. The van der Waals surface area contributed by atoms with Gasteiger partial charge in [-0.1, -0.05) is 23.7 Å². The van der Waals surface area contributed by atoms with Gasteiger partial charge in [0.15, 0.2) is 0 Å². The summed E-state index contributed by atoms with van der Waals surface area (Å²) >= 11 is 6.15. The Morgan fingerprint density at radius 1 is 1.56 bits per heavy atom. The number of methoxy groups -OCH3 is 1. The quantitative estimate of drug-likeness (QED) is 0.616. The molecule has 0 spiro atoms. The maximum absolute atomic E-state index is 11.8. The smallest absolute Gasteiger partial charge is 0.248 e. The van der Waals surface area contributed by atoms with Crippen LogP contribution in [0, 0.1) is 5.92 Å². The molecule has 1 fully saturated rings. The van der Waals surface area contributed by atoms with Crippen LogP contribution < -0.4 is 10.6 Å². The van der Waals surface area contributed by atoms with Crippen molar-refractivity contribution >= 4 is 17.5 Å². The van der Waals surface area contributed by atoms with E-state index in [1.165, 1.54) is 7.11 Å². The second kappa shape index (κ2) is 9.53. The van der Waals surface area contributed by atoms with Crippen molar-refractivity contribution in [2.75, 3.05) is 26.7 Å². The lowest BCUT2D eigenvalue weighted by Crippen LogP contribution is -2.45. The Morgan fingerprint density at radius 3 is 3.00 bits per heavy atom. The minimum atomic E-state index is -0.948. The first-order valence-electron chi connectivity index (χ1n) is 8.97. The van der Waals surface area contributed by atoms with E-state index in [0.717, 1.165) is 31.5 Å². The van der Waals surface area contributed by atoms with Gasteiger partial charge in [-0.05, 0) is 56.8 Å². The normalized spacial score (nSPS) is 21.4. The zero-order chi connectivity index (χ0) is 18.3. The highest BCUT2D eigenvalue weighted by molar-refractivity contribution is 6.30. The molecule has 1 heterocycles. The molecule has 1 aromatic rings. The Morgan fingerprint density at radius 2 is 2.36 bits per heavy atom. The molecule has 1 aliphatic heterocycles. The minimum absolute atomic E-state index is 0.131. The predicted octanol–water partition coefficient (Wildman–Crippen LogP) is 2.46. The van der Waals surface area contributed by atoms with Gasteiger partial charge in [-0.25, -0.2) is 0 Å². The maximum Gasteiger partial charge on any atom is 0.248 e. The molecule has 3 atom stereocenters. The summed E-state index contributed by atoms with van der Waals surface area (Å²) in [5.41, 5.74) is -0.0964. The van der Waals surface area contributed by atoms with E-state index < -0.39 is 11.7 Å². The van der Waals surface area contributed by atoms with Gasteiger partial charge < -0.3 is 20.5 Å². The van der Waals surface area contributed by atoms with Gasteiger partial charge in [-0.3, -0.25) is 4.79 Å². The number of piperidine rings is 1. The molecule has 1 amide bonds. The van der Waals surface area contributed by atoms with Crippen LogP contribution >= 0.6 is 11.6 Å². The molecular formula is C19H29ClN2O3. The number of amides is 1. The fourth-order valence-corrected chi connectivity index (χ4v) is 3.61. The van der Waals surface area contributed by atoms with Gasteiger partial charge in [0.2, 0.25) is 5.91 Å². The summed E-state index contributed by atoms with van der Waals surface area (Å²) in [4.78, 5) is 11.8. The fourth-order valence-electron chi connectivity index (χ4n) is 3.42. The van der Waals surface area contributed by atoms with Crippen LogP contribution in [0.15, 0.2) is 24.3 Å². The molecule has 1 saturated heterocycles. The van der Waals surface area contributed by atoms with E-state index in [1.54, 1.807) is 6.92 Å². The zero-order valence-electron chi connectivity index (χ0n) is 15.1. The minimum Gasteiger partial charge on any atom is -0.385 e. The first-order chi connectivity index (χ1) is 12.0. The number of carbonyl (C=O) groups excluding carboxylic acids is 1.